The molecular weight excluding hydrogens is 423 g/mol. The van der Waals surface area contributed by atoms with Crippen LogP contribution < -0.4 is 9.47 Å². The third kappa shape index (κ3) is 3.71. The summed E-state index contributed by atoms with van der Waals surface area (Å²) in [6.45, 7) is 2.23. The molecule has 0 saturated carbocycles. The topological polar surface area (TPSA) is 35.5 Å². The zero-order chi connectivity index (χ0) is 19.7. The van der Waals surface area contributed by atoms with Crippen molar-refractivity contribution in [2.75, 3.05) is 0 Å². The van der Waals surface area contributed by atoms with Gasteiger partial charge in [-0.15, -0.1) is 0 Å². The molecular formula is C23H16BrFO3. The van der Waals surface area contributed by atoms with Gasteiger partial charge in [-0.3, -0.25) is 4.79 Å². The average Bonchev–Trinajstić information content (AvgIpc) is 2.99. The third-order valence-corrected chi connectivity index (χ3v) is 4.98. The lowest BCUT2D eigenvalue weighted by atomic mass is 10.0. The van der Waals surface area contributed by atoms with Gasteiger partial charge in [0.15, 0.2) is 5.76 Å². The van der Waals surface area contributed by atoms with Gasteiger partial charge in [-0.25, -0.2) is 4.39 Å². The van der Waals surface area contributed by atoms with Gasteiger partial charge in [-0.05, 0) is 48.4 Å². The summed E-state index contributed by atoms with van der Waals surface area (Å²) in [4.78, 5) is 12.7. The highest BCUT2D eigenvalue weighted by atomic mass is 79.9. The fourth-order valence-corrected chi connectivity index (χ4v) is 3.31. The standard InChI is InChI=1S/C23H16BrFO3/c1-14-10-18(27-13-15-6-8-17(24)9-7-15)12-20-22(14)23(26)21(28-20)11-16-4-2-3-5-19(16)25/h2-12H,13H2,1H3/b21-11-. The minimum absolute atomic E-state index is 0.105. The van der Waals surface area contributed by atoms with E-state index in [1.807, 2.05) is 37.3 Å². The fraction of sp³-hybridized carbons (Fsp3) is 0.0870. The van der Waals surface area contributed by atoms with Gasteiger partial charge in [0.05, 0.1) is 5.56 Å². The molecule has 0 atom stereocenters. The van der Waals surface area contributed by atoms with E-state index < -0.39 is 5.82 Å². The van der Waals surface area contributed by atoms with Crippen LogP contribution in [0.5, 0.6) is 11.5 Å². The molecule has 0 unspecified atom stereocenters. The van der Waals surface area contributed by atoms with E-state index in [1.165, 1.54) is 12.1 Å². The molecule has 4 rings (SSSR count). The molecule has 28 heavy (non-hydrogen) atoms. The molecule has 0 aliphatic carbocycles. The molecule has 0 aromatic heterocycles. The quantitative estimate of drug-likeness (QED) is 0.462. The zero-order valence-electron chi connectivity index (χ0n) is 15.0. The third-order valence-electron chi connectivity index (χ3n) is 4.45. The predicted molar refractivity (Wildman–Crippen MR) is 109 cm³/mol. The number of hydrogen-bond acceptors (Lipinski definition) is 3. The van der Waals surface area contributed by atoms with E-state index in [4.69, 9.17) is 9.47 Å². The van der Waals surface area contributed by atoms with Crippen molar-refractivity contribution in [3.8, 4) is 11.5 Å². The van der Waals surface area contributed by atoms with Crippen LogP contribution in [0.3, 0.4) is 0 Å². The second-order valence-corrected chi connectivity index (χ2v) is 7.41. The van der Waals surface area contributed by atoms with Crippen LogP contribution in [0.25, 0.3) is 6.08 Å². The number of halogens is 2. The summed E-state index contributed by atoms with van der Waals surface area (Å²) < 4.78 is 26.5. The van der Waals surface area contributed by atoms with Crippen molar-refractivity contribution in [2.24, 2.45) is 0 Å². The van der Waals surface area contributed by atoms with Crippen LogP contribution in [0, 0.1) is 12.7 Å². The first kappa shape index (κ1) is 18.4. The van der Waals surface area contributed by atoms with Crippen molar-refractivity contribution >= 4 is 27.8 Å². The van der Waals surface area contributed by atoms with E-state index in [-0.39, 0.29) is 11.5 Å². The van der Waals surface area contributed by atoms with Crippen molar-refractivity contribution in [3.63, 3.8) is 0 Å². The highest BCUT2D eigenvalue weighted by Gasteiger charge is 2.30. The molecule has 1 heterocycles. The summed E-state index contributed by atoms with van der Waals surface area (Å²) in [5, 5.41) is 0. The van der Waals surface area contributed by atoms with Crippen LogP contribution >= 0.6 is 15.9 Å². The van der Waals surface area contributed by atoms with E-state index in [0.717, 1.165) is 15.6 Å². The van der Waals surface area contributed by atoms with Crippen molar-refractivity contribution in [1.82, 2.24) is 0 Å². The second-order valence-electron chi connectivity index (χ2n) is 6.49. The number of ether oxygens (including phenoxy) is 2. The molecule has 1 aliphatic heterocycles. The van der Waals surface area contributed by atoms with E-state index in [1.54, 1.807) is 24.3 Å². The first-order valence-electron chi connectivity index (χ1n) is 8.72. The minimum Gasteiger partial charge on any atom is -0.489 e. The van der Waals surface area contributed by atoms with Gasteiger partial charge in [0.2, 0.25) is 5.78 Å². The van der Waals surface area contributed by atoms with E-state index in [0.29, 0.717) is 29.2 Å². The Morgan fingerprint density at radius 1 is 1.11 bits per heavy atom. The number of allylic oxidation sites excluding steroid dienone is 1. The lowest BCUT2D eigenvalue weighted by Crippen LogP contribution is -2.00. The summed E-state index contributed by atoms with van der Waals surface area (Å²) in [6.07, 6.45) is 1.43. The average molecular weight is 439 g/mol. The monoisotopic (exact) mass is 438 g/mol. The van der Waals surface area contributed by atoms with E-state index in [2.05, 4.69) is 15.9 Å². The Labute approximate surface area is 170 Å². The number of rotatable bonds is 4. The molecule has 0 amide bonds. The van der Waals surface area contributed by atoms with Crippen LogP contribution in [-0.4, -0.2) is 5.78 Å². The van der Waals surface area contributed by atoms with Gasteiger partial charge >= 0.3 is 0 Å². The number of aryl methyl sites for hydroxylation is 1. The molecule has 0 radical (unpaired) electrons. The molecule has 140 valence electrons. The maximum absolute atomic E-state index is 13.9. The van der Waals surface area contributed by atoms with Crippen LogP contribution in [0.2, 0.25) is 0 Å². The predicted octanol–water partition coefficient (Wildman–Crippen LogP) is 6.09. The van der Waals surface area contributed by atoms with Crippen LogP contribution in [0.4, 0.5) is 4.39 Å². The first-order valence-corrected chi connectivity index (χ1v) is 9.51. The summed E-state index contributed by atoms with van der Waals surface area (Å²) in [5.74, 6) is 0.485. The number of hydrogen-bond donors (Lipinski definition) is 0. The SMILES string of the molecule is Cc1cc(OCc2ccc(Br)cc2)cc2c1C(=O)/C(=C/c1ccccc1F)O2. The fourth-order valence-electron chi connectivity index (χ4n) is 3.04. The number of ketones is 1. The Hall–Kier alpha value is -2.92. The summed E-state index contributed by atoms with van der Waals surface area (Å²) in [7, 11) is 0. The normalized spacial score (nSPS) is 14.1. The number of Topliss-reactive ketones (excluding diaryl/α,β-unsaturated/α-hetero) is 1. The molecule has 3 nitrogen and oxygen atoms in total. The Balaban J connectivity index is 1.57. The zero-order valence-corrected chi connectivity index (χ0v) is 16.6. The Morgan fingerprint density at radius 2 is 1.86 bits per heavy atom. The van der Waals surface area contributed by atoms with Crippen LogP contribution in [0.1, 0.15) is 27.0 Å². The van der Waals surface area contributed by atoms with E-state index in [9.17, 15) is 9.18 Å². The minimum atomic E-state index is -0.405. The number of fused-ring (bicyclic) bond motifs is 1. The van der Waals surface area contributed by atoms with Gasteiger partial charge in [-0.1, -0.05) is 46.3 Å². The van der Waals surface area contributed by atoms with Crippen molar-refractivity contribution < 1.29 is 18.7 Å². The highest BCUT2D eigenvalue weighted by molar-refractivity contribution is 9.10. The lowest BCUT2D eigenvalue weighted by Gasteiger charge is -2.09. The number of benzene rings is 3. The Kier molecular flexibility index (Phi) is 5.01. The highest BCUT2D eigenvalue weighted by Crippen LogP contribution is 2.37. The Morgan fingerprint density at radius 3 is 2.61 bits per heavy atom. The Bertz CT molecular complexity index is 1090. The molecule has 0 saturated heterocycles. The van der Waals surface area contributed by atoms with Crippen LogP contribution in [-0.2, 0) is 6.61 Å². The van der Waals surface area contributed by atoms with E-state index >= 15 is 0 Å². The molecule has 5 heteroatoms. The lowest BCUT2D eigenvalue weighted by molar-refractivity contribution is 0.101. The van der Waals surface area contributed by atoms with Gasteiger partial charge < -0.3 is 9.47 Å². The smallest absolute Gasteiger partial charge is 0.232 e. The summed E-state index contributed by atoms with van der Waals surface area (Å²) in [5.41, 5.74) is 2.57. The maximum atomic E-state index is 13.9. The molecule has 0 fully saturated rings. The molecule has 0 spiro atoms. The molecule has 3 aromatic rings. The molecule has 1 aliphatic rings. The van der Waals surface area contributed by atoms with Crippen LogP contribution in [0.15, 0.2) is 70.9 Å². The summed E-state index contributed by atoms with van der Waals surface area (Å²) >= 11 is 3.41. The van der Waals surface area contributed by atoms with Crippen molar-refractivity contribution in [3.05, 3.63) is 99.0 Å². The van der Waals surface area contributed by atoms with Crippen molar-refractivity contribution in [1.29, 1.82) is 0 Å². The van der Waals surface area contributed by atoms with Gasteiger partial charge in [0, 0.05) is 16.1 Å². The molecule has 0 N–H and O–H groups in total. The van der Waals surface area contributed by atoms with Gasteiger partial charge in [0.1, 0.15) is 23.9 Å². The molecule has 3 aromatic carbocycles. The van der Waals surface area contributed by atoms with Gasteiger partial charge in [0.25, 0.3) is 0 Å². The first-order chi connectivity index (χ1) is 13.5. The summed E-state index contributed by atoms with van der Waals surface area (Å²) in [6, 6.07) is 17.6. The van der Waals surface area contributed by atoms with Crippen molar-refractivity contribution in [2.45, 2.75) is 13.5 Å². The maximum Gasteiger partial charge on any atom is 0.232 e. The number of carbonyl (C=O) groups excluding carboxylic acids is 1. The number of carbonyl (C=O) groups is 1. The molecule has 0 bridgehead atoms. The van der Waals surface area contributed by atoms with Gasteiger partial charge in [-0.2, -0.15) is 0 Å². The largest absolute Gasteiger partial charge is 0.489 e. The second kappa shape index (κ2) is 7.60.